The van der Waals surface area contributed by atoms with Crippen LogP contribution in [0.2, 0.25) is 5.02 Å². The Balaban J connectivity index is 1.80. The fourth-order valence-electron chi connectivity index (χ4n) is 3.97. The number of methoxy groups -OCH3 is 1. The van der Waals surface area contributed by atoms with E-state index in [0.29, 0.717) is 28.5 Å². The van der Waals surface area contributed by atoms with E-state index in [4.69, 9.17) is 21.1 Å². The van der Waals surface area contributed by atoms with Gasteiger partial charge in [0.15, 0.2) is 0 Å². The van der Waals surface area contributed by atoms with Gasteiger partial charge in [0.05, 0.1) is 24.8 Å². The molecule has 6 nitrogen and oxygen atoms in total. The standard InChI is InChI=1S/C23H22ClNO5/c1-29-17-10-6-15(7-11-17)21(26)19-20(14-4-8-16(24)9-5-14)25(23(28)22(19)27)13-18-3-2-12-30-18/h4-11,18,20,26H,2-3,12-13H2,1H3/b21-19+/t18-,20+/m1/s1. The number of carbonyl (C=O) groups excluding carboxylic acids is 2. The molecule has 30 heavy (non-hydrogen) atoms. The van der Waals surface area contributed by atoms with E-state index in [1.807, 2.05) is 0 Å². The van der Waals surface area contributed by atoms with Crippen LogP contribution in [0.5, 0.6) is 5.75 Å². The van der Waals surface area contributed by atoms with E-state index in [-0.39, 0.29) is 24.0 Å². The average molecular weight is 428 g/mol. The van der Waals surface area contributed by atoms with Crippen LogP contribution in [0.25, 0.3) is 5.76 Å². The molecule has 2 heterocycles. The van der Waals surface area contributed by atoms with Crippen LogP contribution in [0.1, 0.15) is 30.0 Å². The van der Waals surface area contributed by atoms with Crippen LogP contribution < -0.4 is 4.74 Å². The topological polar surface area (TPSA) is 76.1 Å². The van der Waals surface area contributed by atoms with Gasteiger partial charge < -0.3 is 19.5 Å². The summed E-state index contributed by atoms with van der Waals surface area (Å²) in [5.74, 6) is -0.938. The van der Waals surface area contributed by atoms with Crippen LogP contribution in [0.3, 0.4) is 0 Å². The van der Waals surface area contributed by atoms with Gasteiger partial charge in [-0.15, -0.1) is 0 Å². The maximum atomic E-state index is 13.0. The monoisotopic (exact) mass is 427 g/mol. The molecule has 0 aromatic heterocycles. The molecule has 0 saturated carbocycles. The molecule has 2 aliphatic heterocycles. The molecule has 4 rings (SSSR count). The van der Waals surface area contributed by atoms with Gasteiger partial charge in [0.1, 0.15) is 11.5 Å². The summed E-state index contributed by atoms with van der Waals surface area (Å²) in [7, 11) is 1.55. The molecule has 1 N–H and O–H groups in total. The van der Waals surface area contributed by atoms with Crippen LogP contribution >= 0.6 is 11.6 Å². The predicted molar refractivity (Wildman–Crippen MR) is 112 cm³/mol. The van der Waals surface area contributed by atoms with E-state index in [2.05, 4.69) is 0 Å². The number of aliphatic hydroxyl groups is 1. The van der Waals surface area contributed by atoms with E-state index in [1.54, 1.807) is 55.6 Å². The summed E-state index contributed by atoms with van der Waals surface area (Å²) in [6, 6.07) is 12.9. The molecular formula is C23H22ClNO5. The van der Waals surface area contributed by atoms with E-state index in [9.17, 15) is 14.7 Å². The first-order valence-electron chi connectivity index (χ1n) is 9.79. The molecule has 2 aromatic rings. The Morgan fingerprint density at radius 2 is 1.87 bits per heavy atom. The summed E-state index contributed by atoms with van der Waals surface area (Å²) in [5, 5.41) is 11.6. The van der Waals surface area contributed by atoms with Crippen molar-refractivity contribution in [2.75, 3.05) is 20.3 Å². The normalized spacial score (nSPS) is 23.2. The Hall–Kier alpha value is -2.83. The summed E-state index contributed by atoms with van der Waals surface area (Å²) in [4.78, 5) is 27.4. The highest BCUT2D eigenvalue weighted by Crippen LogP contribution is 2.40. The fourth-order valence-corrected chi connectivity index (χ4v) is 4.10. The Morgan fingerprint density at radius 3 is 2.47 bits per heavy atom. The first-order chi connectivity index (χ1) is 14.5. The largest absolute Gasteiger partial charge is 0.507 e. The molecule has 2 aliphatic rings. The highest BCUT2D eigenvalue weighted by atomic mass is 35.5. The van der Waals surface area contributed by atoms with Crippen molar-refractivity contribution >= 4 is 29.1 Å². The lowest BCUT2D eigenvalue weighted by Gasteiger charge is -2.27. The van der Waals surface area contributed by atoms with Gasteiger partial charge in [-0.2, -0.15) is 0 Å². The first-order valence-corrected chi connectivity index (χ1v) is 10.2. The Bertz CT molecular complexity index is 978. The zero-order chi connectivity index (χ0) is 21.3. The first kappa shape index (κ1) is 20.4. The van der Waals surface area contributed by atoms with Crippen LogP contribution in [0.15, 0.2) is 54.1 Å². The summed E-state index contributed by atoms with van der Waals surface area (Å²) < 4.78 is 10.8. The summed E-state index contributed by atoms with van der Waals surface area (Å²) in [6.07, 6.45) is 1.62. The number of amides is 1. The molecular weight excluding hydrogens is 406 g/mol. The minimum Gasteiger partial charge on any atom is -0.507 e. The number of ether oxygens (including phenoxy) is 2. The van der Waals surface area contributed by atoms with Crippen molar-refractivity contribution < 1.29 is 24.2 Å². The van der Waals surface area contributed by atoms with Crippen molar-refractivity contribution in [2.45, 2.75) is 25.0 Å². The molecule has 2 aromatic carbocycles. The number of carbonyl (C=O) groups is 2. The third-order valence-electron chi connectivity index (χ3n) is 5.51. The molecule has 7 heteroatoms. The number of likely N-dealkylation sites (tertiary alicyclic amines) is 1. The Kier molecular flexibility index (Phi) is 5.79. The highest BCUT2D eigenvalue weighted by molar-refractivity contribution is 6.46. The predicted octanol–water partition coefficient (Wildman–Crippen LogP) is 3.95. The van der Waals surface area contributed by atoms with Crippen molar-refractivity contribution in [1.29, 1.82) is 0 Å². The number of aliphatic hydroxyl groups excluding tert-OH is 1. The second-order valence-corrected chi connectivity index (χ2v) is 7.80. The van der Waals surface area contributed by atoms with Gasteiger partial charge in [0.2, 0.25) is 0 Å². The zero-order valence-corrected chi connectivity index (χ0v) is 17.3. The smallest absolute Gasteiger partial charge is 0.295 e. The average Bonchev–Trinajstić information content (AvgIpc) is 3.36. The van der Waals surface area contributed by atoms with E-state index in [1.165, 1.54) is 4.90 Å². The molecule has 0 aliphatic carbocycles. The summed E-state index contributed by atoms with van der Waals surface area (Å²) in [6.45, 7) is 0.934. The fraction of sp³-hybridized carbons (Fsp3) is 0.304. The molecule has 2 atom stereocenters. The lowest BCUT2D eigenvalue weighted by Crippen LogP contribution is -2.36. The number of benzene rings is 2. The number of hydrogen-bond donors (Lipinski definition) is 1. The SMILES string of the molecule is COc1ccc(/C(O)=C2\C(=O)C(=O)N(C[C@H]3CCCO3)[C@H]2c2ccc(Cl)cc2)cc1. The molecule has 2 fully saturated rings. The van der Waals surface area contributed by atoms with Crippen molar-refractivity contribution in [3.8, 4) is 5.75 Å². The van der Waals surface area contributed by atoms with Crippen molar-refractivity contribution in [2.24, 2.45) is 0 Å². The van der Waals surface area contributed by atoms with Crippen molar-refractivity contribution in [3.05, 3.63) is 70.3 Å². The summed E-state index contributed by atoms with van der Waals surface area (Å²) in [5.41, 5.74) is 1.20. The third-order valence-corrected chi connectivity index (χ3v) is 5.77. The maximum absolute atomic E-state index is 13.0. The van der Waals surface area contributed by atoms with Crippen LogP contribution in [0.4, 0.5) is 0 Å². The van der Waals surface area contributed by atoms with Crippen LogP contribution in [0, 0.1) is 0 Å². The molecule has 0 spiro atoms. The molecule has 2 saturated heterocycles. The van der Waals surface area contributed by atoms with Crippen LogP contribution in [-0.4, -0.2) is 48.1 Å². The van der Waals surface area contributed by atoms with Gasteiger partial charge in [-0.3, -0.25) is 9.59 Å². The molecule has 0 radical (unpaired) electrons. The Labute approximate surface area is 179 Å². The van der Waals surface area contributed by atoms with Gasteiger partial charge in [-0.1, -0.05) is 23.7 Å². The molecule has 1 amide bonds. The van der Waals surface area contributed by atoms with Crippen molar-refractivity contribution in [1.82, 2.24) is 4.90 Å². The van der Waals surface area contributed by atoms with Gasteiger partial charge >= 0.3 is 0 Å². The number of ketones is 1. The minimum absolute atomic E-state index is 0.0606. The number of Topliss-reactive ketones (excluding diaryl/α,β-unsaturated/α-hetero) is 1. The van der Waals surface area contributed by atoms with E-state index in [0.717, 1.165) is 12.8 Å². The second kappa shape index (κ2) is 8.50. The quantitative estimate of drug-likeness (QED) is 0.444. The number of hydrogen-bond acceptors (Lipinski definition) is 5. The molecule has 0 bridgehead atoms. The van der Waals surface area contributed by atoms with E-state index < -0.39 is 17.7 Å². The number of rotatable bonds is 5. The maximum Gasteiger partial charge on any atom is 0.295 e. The lowest BCUT2D eigenvalue weighted by atomic mass is 9.95. The van der Waals surface area contributed by atoms with Gasteiger partial charge in [-0.25, -0.2) is 0 Å². The van der Waals surface area contributed by atoms with Gasteiger partial charge in [-0.05, 0) is 54.8 Å². The minimum atomic E-state index is -0.714. The lowest BCUT2D eigenvalue weighted by molar-refractivity contribution is -0.140. The molecule has 156 valence electrons. The van der Waals surface area contributed by atoms with Crippen molar-refractivity contribution in [3.63, 3.8) is 0 Å². The third kappa shape index (κ3) is 3.80. The van der Waals surface area contributed by atoms with Crippen LogP contribution in [-0.2, 0) is 14.3 Å². The second-order valence-electron chi connectivity index (χ2n) is 7.37. The summed E-state index contributed by atoms with van der Waals surface area (Å²) >= 11 is 6.03. The molecule has 0 unspecified atom stereocenters. The van der Waals surface area contributed by atoms with Gasteiger partial charge in [0.25, 0.3) is 11.7 Å². The van der Waals surface area contributed by atoms with E-state index >= 15 is 0 Å². The number of nitrogens with zero attached hydrogens (tertiary/aromatic N) is 1. The zero-order valence-electron chi connectivity index (χ0n) is 16.5. The Morgan fingerprint density at radius 1 is 1.17 bits per heavy atom. The highest BCUT2D eigenvalue weighted by Gasteiger charge is 2.47. The number of halogens is 1. The van der Waals surface area contributed by atoms with Gasteiger partial charge in [0, 0.05) is 23.7 Å².